The number of hydrogen-bond acceptors (Lipinski definition) is 4. The SMILES string of the molecule is O=C(NCCc1n[nH]c(=O)[nH]1)[C@@H]1CCC(=O)N(Cc2ccc(Cl)cc2)C1. The molecule has 1 aliphatic heterocycles. The van der Waals surface area contributed by atoms with Gasteiger partial charge in [-0.2, -0.15) is 5.10 Å². The van der Waals surface area contributed by atoms with Gasteiger partial charge in [0.1, 0.15) is 5.82 Å². The van der Waals surface area contributed by atoms with Crippen LogP contribution < -0.4 is 11.0 Å². The number of likely N-dealkylation sites (tertiary alicyclic amines) is 1. The summed E-state index contributed by atoms with van der Waals surface area (Å²) in [7, 11) is 0. The molecule has 1 aromatic carbocycles. The summed E-state index contributed by atoms with van der Waals surface area (Å²) in [5.74, 6) is 0.228. The van der Waals surface area contributed by atoms with Gasteiger partial charge < -0.3 is 10.2 Å². The van der Waals surface area contributed by atoms with Crippen molar-refractivity contribution in [2.75, 3.05) is 13.1 Å². The van der Waals surface area contributed by atoms with Crippen molar-refractivity contribution in [1.82, 2.24) is 25.4 Å². The summed E-state index contributed by atoms with van der Waals surface area (Å²) in [5, 5.41) is 9.57. The van der Waals surface area contributed by atoms with Crippen LogP contribution in [-0.4, -0.2) is 45.0 Å². The molecule has 0 bridgehead atoms. The number of nitrogens with zero attached hydrogens (tertiary/aromatic N) is 2. The minimum atomic E-state index is -0.366. The fourth-order valence-electron chi connectivity index (χ4n) is 2.96. The number of aromatic amines is 2. The van der Waals surface area contributed by atoms with Gasteiger partial charge in [0.05, 0.1) is 5.92 Å². The molecule has 1 fully saturated rings. The average Bonchev–Trinajstić information content (AvgIpc) is 3.04. The van der Waals surface area contributed by atoms with Crippen LogP contribution in [0.3, 0.4) is 0 Å². The predicted molar refractivity (Wildman–Crippen MR) is 95.5 cm³/mol. The second-order valence-corrected chi connectivity index (χ2v) is 6.74. The van der Waals surface area contributed by atoms with Crippen LogP contribution in [0.15, 0.2) is 29.1 Å². The Morgan fingerprint density at radius 2 is 2.08 bits per heavy atom. The van der Waals surface area contributed by atoms with Crippen molar-refractivity contribution < 1.29 is 9.59 Å². The van der Waals surface area contributed by atoms with Crippen molar-refractivity contribution in [2.24, 2.45) is 5.92 Å². The number of carbonyl (C=O) groups is 2. The Hall–Kier alpha value is -2.61. The number of rotatable bonds is 6. The zero-order valence-corrected chi connectivity index (χ0v) is 14.9. The molecule has 9 heteroatoms. The molecule has 0 radical (unpaired) electrons. The number of piperidine rings is 1. The highest BCUT2D eigenvalue weighted by Gasteiger charge is 2.30. The first-order chi connectivity index (χ1) is 12.5. The number of hydrogen-bond donors (Lipinski definition) is 3. The van der Waals surface area contributed by atoms with Crippen molar-refractivity contribution in [2.45, 2.75) is 25.8 Å². The number of nitrogens with one attached hydrogen (secondary N) is 3. The van der Waals surface area contributed by atoms with Crippen molar-refractivity contribution >= 4 is 23.4 Å². The Kier molecular flexibility index (Phi) is 5.72. The molecule has 1 atom stereocenters. The van der Waals surface area contributed by atoms with E-state index in [9.17, 15) is 14.4 Å². The Bertz CT molecular complexity index is 829. The van der Waals surface area contributed by atoms with Crippen LogP contribution >= 0.6 is 11.6 Å². The van der Waals surface area contributed by atoms with Crippen molar-refractivity contribution in [3.63, 3.8) is 0 Å². The molecule has 8 nitrogen and oxygen atoms in total. The van der Waals surface area contributed by atoms with Crippen LogP contribution in [0.4, 0.5) is 0 Å². The lowest BCUT2D eigenvalue weighted by Crippen LogP contribution is -2.45. The molecule has 1 aromatic heterocycles. The molecule has 26 heavy (non-hydrogen) atoms. The first-order valence-electron chi connectivity index (χ1n) is 8.45. The minimum absolute atomic E-state index is 0.0538. The molecule has 2 amide bonds. The standard InChI is InChI=1S/C17H20ClN5O3/c18-13-4-1-11(2-5-13)9-23-10-12(3-6-15(23)24)16(25)19-8-7-14-20-17(26)22-21-14/h1-2,4-5,12H,3,6-10H2,(H,19,25)(H2,20,21,22,26)/t12-/m1/s1. The van der Waals surface area contributed by atoms with Gasteiger partial charge in [-0.15, -0.1) is 0 Å². The van der Waals surface area contributed by atoms with Gasteiger partial charge in [0, 0.05) is 37.5 Å². The molecular weight excluding hydrogens is 358 g/mol. The highest BCUT2D eigenvalue weighted by molar-refractivity contribution is 6.30. The Labute approximate surface area is 154 Å². The lowest BCUT2D eigenvalue weighted by Gasteiger charge is -2.32. The maximum absolute atomic E-state index is 12.4. The number of benzene rings is 1. The number of H-pyrrole nitrogens is 2. The molecule has 0 spiro atoms. The second-order valence-electron chi connectivity index (χ2n) is 6.30. The fraction of sp³-hybridized carbons (Fsp3) is 0.412. The monoisotopic (exact) mass is 377 g/mol. The largest absolute Gasteiger partial charge is 0.355 e. The number of aromatic nitrogens is 3. The Morgan fingerprint density at radius 1 is 1.31 bits per heavy atom. The smallest absolute Gasteiger partial charge is 0.340 e. The number of amides is 2. The summed E-state index contributed by atoms with van der Waals surface area (Å²) in [5.41, 5.74) is 0.612. The fourth-order valence-corrected chi connectivity index (χ4v) is 3.09. The molecule has 3 rings (SSSR count). The van der Waals surface area contributed by atoms with Gasteiger partial charge in [-0.1, -0.05) is 23.7 Å². The van der Waals surface area contributed by atoms with E-state index in [1.54, 1.807) is 17.0 Å². The van der Waals surface area contributed by atoms with Gasteiger partial charge in [-0.25, -0.2) is 9.89 Å². The zero-order valence-electron chi connectivity index (χ0n) is 14.1. The first kappa shape index (κ1) is 18.2. The van der Waals surface area contributed by atoms with Gasteiger partial charge in [-0.3, -0.25) is 14.6 Å². The number of carbonyl (C=O) groups excluding carboxylic acids is 2. The third kappa shape index (κ3) is 4.72. The topological polar surface area (TPSA) is 111 Å². The summed E-state index contributed by atoms with van der Waals surface area (Å²) in [4.78, 5) is 39.7. The average molecular weight is 378 g/mol. The Balaban J connectivity index is 1.51. The van der Waals surface area contributed by atoms with Crippen LogP contribution in [0.25, 0.3) is 0 Å². The van der Waals surface area contributed by atoms with Gasteiger partial charge in [0.15, 0.2) is 0 Å². The summed E-state index contributed by atoms with van der Waals surface area (Å²) >= 11 is 5.88. The van der Waals surface area contributed by atoms with Crippen LogP contribution in [0.5, 0.6) is 0 Å². The van der Waals surface area contributed by atoms with Crippen LogP contribution in [0.2, 0.25) is 5.02 Å². The van der Waals surface area contributed by atoms with Crippen molar-refractivity contribution in [1.29, 1.82) is 0 Å². The normalized spacial score (nSPS) is 17.3. The van der Waals surface area contributed by atoms with Gasteiger partial charge in [-0.05, 0) is 24.1 Å². The third-order valence-corrected chi connectivity index (χ3v) is 4.62. The summed E-state index contributed by atoms with van der Waals surface area (Å²) in [6, 6.07) is 7.33. The third-order valence-electron chi connectivity index (χ3n) is 4.37. The molecule has 0 aliphatic carbocycles. The first-order valence-corrected chi connectivity index (χ1v) is 8.82. The van der Waals surface area contributed by atoms with E-state index in [-0.39, 0.29) is 23.4 Å². The van der Waals surface area contributed by atoms with Gasteiger partial charge in [0.25, 0.3) is 0 Å². The van der Waals surface area contributed by atoms with E-state index in [1.807, 2.05) is 12.1 Å². The summed E-state index contributed by atoms with van der Waals surface area (Å²) in [6.07, 6.45) is 1.34. The molecule has 3 N–H and O–H groups in total. The van der Waals surface area contributed by atoms with E-state index >= 15 is 0 Å². The van der Waals surface area contributed by atoms with E-state index in [4.69, 9.17) is 11.6 Å². The van der Waals surface area contributed by atoms with Crippen LogP contribution in [-0.2, 0) is 22.6 Å². The van der Waals surface area contributed by atoms with E-state index in [2.05, 4.69) is 20.5 Å². The minimum Gasteiger partial charge on any atom is -0.355 e. The van der Waals surface area contributed by atoms with Crippen molar-refractivity contribution in [3.8, 4) is 0 Å². The molecule has 2 aromatic rings. The van der Waals surface area contributed by atoms with E-state index in [0.29, 0.717) is 49.7 Å². The molecule has 0 unspecified atom stereocenters. The molecule has 1 saturated heterocycles. The van der Waals surface area contributed by atoms with Crippen LogP contribution in [0.1, 0.15) is 24.2 Å². The van der Waals surface area contributed by atoms with E-state index in [0.717, 1.165) is 5.56 Å². The molecule has 1 aliphatic rings. The molecule has 2 heterocycles. The van der Waals surface area contributed by atoms with E-state index < -0.39 is 0 Å². The quantitative estimate of drug-likeness (QED) is 0.692. The highest BCUT2D eigenvalue weighted by atomic mass is 35.5. The van der Waals surface area contributed by atoms with E-state index in [1.165, 1.54) is 0 Å². The summed E-state index contributed by atoms with van der Waals surface area (Å²) in [6.45, 7) is 1.24. The molecule has 138 valence electrons. The zero-order chi connectivity index (χ0) is 18.5. The van der Waals surface area contributed by atoms with Crippen LogP contribution in [0, 0.1) is 5.92 Å². The molecule has 0 saturated carbocycles. The molecular formula is C17H20ClN5O3. The Morgan fingerprint density at radius 3 is 2.77 bits per heavy atom. The highest BCUT2D eigenvalue weighted by Crippen LogP contribution is 2.20. The van der Waals surface area contributed by atoms with Gasteiger partial charge in [0.2, 0.25) is 11.8 Å². The summed E-state index contributed by atoms with van der Waals surface area (Å²) < 4.78 is 0. The maximum Gasteiger partial charge on any atom is 0.340 e. The number of halogens is 1. The van der Waals surface area contributed by atoms with Crippen molar-refractivity contribution in [3.05, 3.63) is 51.2 Å². The lowest BCUT2D eigenvalue weighted by atomic mass is 9.96. The predicted octanol–water partition coefficient (Wildman–Crippen LogP) is 0.849. The lowest BCUT2D eigenvalue weighted by molar-refractivity contribution is -0.138. The maximum atomic E-state index is 12.4. The second kappa shape index (κ2) is 8.18. The van der Waals surface area contributed by atoms with Gasteiger partial charge >= 0.3 is 5.69 Å².